The summed E-state index contributed by atoms with van der Waals surface area (Å²) in [4.78, 5) is 31.9. The van der Waals surface area contributed by atoms with Gasteiger partial charge in [0.25, 0.3) is 5.91 Å². The fraction of sp³-hybridized carbons (Fsp3) is 0.200. The maximum absolute atomic E-state index is 12.3. The van der Waals surface area contributed by atoms with Crippen molar-refractivity contribution in [2.24, 2.45) is 0 Å². The lowest BCUT2D eigenvalue weighted by molar-refractivity contribution is -0.139. The predicted octanol–water partition coefficient (Wildman–Crippen LogP) is 2.39. The van der Waals surface area contributed by atoms with Crippen molar-refractivity contribution >= 4 is 39.6 Å². The summed E-state index contributed by atoms with van der Waals surface area (Å²) < 4.78 is 0.414. The number of carbonyl (C=O) groups excluding carboxylic acids is 1. The minimum Gasteiger partial charge on any atom is -0.480 e. The Hall–Kier alpha value is -1.93. The number of carbonyl (C=O) groups is 2. The fourth-order valence-electron chi connectivity index (χ4n) is 1.89. The first-order chi connectivity index (χ1) is 11.0. The molecule has 0 aliphatic heterocycles. The molecule has 0 radical (unpaired) electrons. The molecule has 1 heterocycles. The summed E-state index contributed by atoms with van der Waals surface area (Å²) in [6, 6.07) is 8.08. The van der Waals surface area contributed by atoms with Crippen molar-refractivity contribution in [3.63, 3.8) is 0 Å². The van der Waals surface area contributed by atoms with Crippen molar-refractivity contribution in [2.45, 2.75) is 17.6 Å². The molecular weight excluding hydrogens is 382 g/mol. The van der Waals surface area contributed by atoms with Crippen molar-refractivity contribution in [1.29, 1.82) is 0 Å². The summed E-state index contributed by atoms with van der Waals surface area (Å²) in [7, 11) is 0. The monoisotopic (exact) mass is 395 g/mol. The molecule has 1 aromatic heterocycles. The van der Waals surface area contributed by atoms with Gasteiger partial charge in [-0.05, 0) is 27.7 Å². The van der Waals surface area contributed by atoms with Gasteiger partial charge in [0.1, 0.15) is 11.7 Å². The lowest BCUT2D eigenvalue weighted by Gasteiger charge is -2.15. The number of carboxylic acids is 1. The lowest BCUT2D eigenvalue weighted by Crippen LogP contribution is -2.42. The Kier molecular flexibility index (Phi) is 6.12. The highest BCUT2D eigenvalue weighted by Gasteiger charge is 2.23. The van der Waals surface area contributed by atoms with Crippen LogP contribution < -0.4 is 5.32 Å². The second-order valence-corrected chi connectivity index (χ2v) is 6.23. The molecular formula is C15H14BrN3O3S. The van der Waals surface area contributed by atoms with Crippen LogP contribution >= 0.6 is 27.7 Å². The van der Waals surface area contributed by atoms with Gasteiger partial charge >= 0.3 is 5.97 Å². The third kappa shape index (κ3) is 4.77. The zero-order valence-electron chi connectivity index (χ0n) is 12.2. The zero-order valence-corrected chi connectivity index (χ0v) is 14.6. The van der Waals surface area contributed by atoms with Gasteiger partial charge in [0, 0.05) is 12.6 Å². The van der Waals surface area contributed by atoms with Crippen LogP contribution in [0.2, 0.25) is 0 Å². The topological polar surface area (TPSA) is 92.2 Å². The molecule has 23 heavy (non-hydrogen) atoms. The smallest absolute Gasteiger partial charge is 0.326 e. The summed E-state index contributed by atoms with van der Waals surface area (Å²) in [5.74, 6) is -1.66. The number of nitrogens with one attached hydrogen (secondary N) is 1. The lowest BCUT2D eigenvalue weighted by atomic mass is 10.1. The first-order valence-corrected chi connectivity index (χ1v) is 8.67. The first kappa shape index (κ1) is 17.4. The van der Waals surface area contributed by atoms with Crippen LogP contribution in [0.1, 0.15) is 16.1 Å². The normalized spacial score (nSPS) is 11.7. The number of hydrogen-bond acceptors (Lipinski definition) is 5. The molecule has 0 spiro atoms. The molecule has 120 valence electrons. The van der Waals surface area contributed by atoms with E-state index in [1.54, 1.807) is 6.26 Å². The third-order valence-corrected chi connectivity index (χ3v) is 4.15. The minimum atomic E-state index is -1.10. The van der Waals surface area contributed by atoms with Gasteiger partial charge in [0.05, 0.1) is 4.47 Å². The molecule has 1 aromatic carbocycles. The average Bonchev–Trinajstić information content (AvgIpc) is 2.55. The quantitative estimate of drug-likeness (QED) is 0.576. The molecule has 8 heteroatoms. The maximum atomic E-state index is 12.3. The molecule has 0 unspecified atom stereocenters. The Morgan fingerprint density at radius 2 is 2.04 bits per heavy atom. The molecule has 2 aromatic rings. The fourth-order valence-corrected chi connectivity index (χ4v) is 2.60. The number of halogens is 1. The van der Waals surface area contributed by atoms with E-state index < -0.39 is 17.9 Å². The minimum absolute atomic E-state index is 0.115. The van der Waals surface area contributed by atoms with E-state index in [2.05, 4.69) is 31.2 Å². The molecule has 0 aliphatic rings. The Labute approximate surface area is 145 Å². The largest absolute Gasteiger partial charge is 0.480 e. The van der Waals surface area contributed by atoms with E-state index in [1.807, 2.05) is 30.3 Å². The summed E-state index contributed by atoms with van der Waals surface area (Å²) in [6.45, 7) is 0. The van der Waals surface area contributed by atoms with E-state index >= 15 is 0 Å². The van der Waals surface area contributed by atoms with E-state index in [1.165, 1.54) is 18.0 Å². The van der Waals surface area contributed by atoms with Crippen LogP contribution in [0.25, 0.3) is 0 Å². The van der Waals surface area contributed by atoms with E-state index in [0.717, 1.165) is 5.56 Å². The van der Waals surface area contributed by atoms with Gasteiger partial charge in [-0.1, -0.05) is 42.1 Å². The molecule has 0 aliphatic carbocycles. The molecule has 2 N–H and O–H groups in total. The highest BCUT2D eigenvalue weighted by atomic mass is 79.9. The van der Waals surface area contributed by atoms with Crippen molar-refractivity contribution in [1.82, 2.24) is 15.3 Å². The number of rotatable bonds is 6. The number of benzene rings is 1. The summed E-state index contributed by atoms with van der Waals surface area (Å²) in [5.41, 5.74) is 0.940. The average molecular weight is 396 g/mol. The number of nitrogens with zero attached hydrogens (tertiary/aromatic N) is 2. The summed E-state index contributed by atoms with van der Waals surface area (Å²) in [5, 5.41) is 12.3. The van der Waals surface area contributed by atoms with Crippen LogP contribution in [0.15, 0.2) is 46.2 Å². The van der Waals surface area contributed by atoms with Crippen molar-refractivity contribution < 1.29 is 14.7 Å². The summed E-state index contributed by atoms with van der Waals surface area (Å²) >= 11 is 4.51. The molecule has 2 rings (SSSR count). The second-order valence-electron chi connectivity index (χ2n) is 4.61. The molecule has 0 fully saturated rings. The summed E-state index contributed by atoms with van der Waals surface area (Å²) in [6.07, 6.45) is 3.46. The Bertz CT molecular complexity index is 712. The molecule has 6 nitrogen and oxygen atoms in total. The predicted molar refractivity (Wildman–Crippen MR) is 90.5 cm³/mol. The number of aliphatic carboxylic acids is 1. The van der Waals surface area contributed by atoms with E-state index in [0.29, 0.717) is 9.63 Å². The molecule has 1 atom stereocenters. The second kappa shape index (κ2) is 8.07. The van der Waals surface area contributed by atoms with Crippen LogP contribution in [0.4, 0.5) is 0 Å². The molecule has 1 amide bonds. The van der Waals surface area contributed by atoms with Gasteiger partial charge in [-0.3, -0.25) is 4.79 Å². The zero-order chi connectivity index (χ0) is 16.8. The van der Waals surface area contributed by atoms with Crippen LogP contribution in [0.5, 0.6) is 0 Å². The van der Waals surface area contributed by atoms with Gasteiger partial charge in [-0.2, -0.15) is 0 Å². The number of carboxylic acid groups (broad SMARTS) is 1. The Morgan fingerprint density at radius 1 is 1.35 bits per heavy atom. The van der Waals surface area contributed by atoms with Crippen molar-refractivity contribution in [3.8, 4) is 0 Å². The number of aromatic nitrogens is 2. The van der Waals surface area contributed by atoms with Crippen LogP contribution in [0.3, 0.4) is 0 Å². The van der Waals surface area contributed by atoms with E-state index in [9.17, 15) is 14.7 Å². The van der Waals surface area contributed by atoms with E-state index in [4.69, 9.17) is 0 Å². The number of thioether (sulfide) groups is 1. The van der Waals surface area contributed by atoms with E-state index in [-0.39, 0.29) is 12.1 Å². The Balaban J connectivity index is 2.17. The van der Waals surface area contributed by atoms with Gasteiger partial charge in [0.2, 0.25) is 0 Å². The van der Waals surface area contributed by atoms with Gasteiger partial charge < -0.3 is 10.4 Å². The van der Waals surface area contributed by atoms with Crippen LogP contribution in [-0.4, -0.2) is 39.2 Å². The molecule has 0 saturated heterocycles. The van der Waals surface area contributed by atoms with Crippen LogP contribution in [0, 0.1) is 0 Å². The SMILES string of the molecule is CSc1ncc(Br)c(C(=O)N[C@@H](Cc2ccccc2)C(=O)O)n1. The standard InChI is InChI=1S/C15H14BrN3O3S/c1-23-15-17-8-10(16)12(19-15)13(20)18-11(14(21)22)7-9-5-3-2-4-6-9/h2-6,8,11H,7H2,1H3,(H,18,20)(H,21,22)/t11-/m0/s1. The van der Waals surface area contributed by atoms with Gasteiger partial charge in [0.15, 0.2) is 5.16 Å². The van der Waals surface area contributed by atoms with Gasteiger partial charge in [-0.15, -0.1) is 0 Å². The van der Waals surface area contributed by atoms with Gasteiger partial charge in [-0.25, -0.2) is 14.8 Å². The first-order valence-electron chi connectivity index (χ1n) is 6.65. The molecule has 0 saturated carbocycles. The van der Waals surface area contributed by atoms with Crippen molar-refractivity contribution in [2.75, 3.05) is 6.26 Å². The highest BCUT2D eigenvalue weighted by molar-refractivity contribution is 9.10. The third-order valence-electron chi connectivity index (χ3n) is 3.01. The van der Waals surface area contributed by atoms with Crippen molar-refractivity contribution in [3.05, 3.63) is 52.3 Å². The highest BCUT2D eigenvalue weighted by Crippen LogP contribution is 2.17. The Morgan fingerprint density at radius 3 is 2.65 bits per heavy atom. The number of amides is 1. The molecule has 0 bridgehead atoms. The number of hydrogen-bond donors (Lipinski definition) is 2. The maximum Gasteiger partial charge on any atom is 0.326 e. The van der Waals surface area contributed by atoms with Crippen LogP contribution in [-0.2, 0) is 11.2 Å².